The number of alkyl halides is 1. The van der Waals surface area contributed by atoms with Crippen molar-refractivity contribution in [1.29, 1.82) is 0 Å². The smallest absolute Gasteiger partial charge is 0.337 e. The number of aliphatic hydroxyl groups excluding tert-OH is 1. The van der Waals surface area contributed by atoms with Crippen LogP contribution in [0.25, 0.3) is 0 Å². The van der Waals surface area contributed by atoms with E-state index in [4.69, 9.17) is 16.3 Å². The molecule has 2 atom stereocenters. The van der Waals surface area contributed by atoms with Crippen LogP contribution in [0.15, 0.2) is 67.0 Å². The molecule has 1 heterocycles. The van der Waals surface area contributed by atoms with E-state index in [2.05, 4.69) is 11.6 Å². The number of aliphatic hydroxyl groups is 1. The van der Waals surface area contributed by atoms with Crippen LogP contribution in [0.4, 0.5) is 0 Å². The van der Waals surface area contributed by atoms with Gasteiger partial charge in [-0.05, 0) is 11.6 Å². The number of rotatable bonds is 6. The number of pyridine rings is 1. The largest absolute Gasteiger partial charge is 0.453 e. The second kappa shape index (κ2) is 7.73. The number of aromatic nitrogens is 1. The van der Waals surface area contributed by atoms with Gasteiger partial charge in [0.1, 0.15) is 12.2 Å². The van der Waals surface area contributed by atoms with Crippen LogP contribution in [-0.2, 0) is 9.53 Å². The van der Waals surface area contributed by atoms with Crippen LogP contribution in [0, 0.1) is 0 Å². The highest BCUT2D eigenvalue weighted by Gasteiger charge is 2.23. The maximum absolute atomic E-state index is 12.1. The van der Waals surface area contributed by atoms with E-state index in [9.17, 15) is 9.90 Å². The van der Waals surface area contributed by atoms with Gasteiger partial charge in [-0.15, -0.1) is 11.6 Å². The summed E-state index contributed by atoms with van der Waals surface area (Å²) in [5.74, 6) is -0.572. The minimum absolute atomic E-state index is 0.0564. The second-order valence-electron chi connectivity index (χ2n) is 4.67. The Morgan fingerprint density at radius 3 is 2.50 bits per heavy atom. The van der Waals surface area contributed by atoms with Crippen LogP contribution >= 0.6 is 11.6 Å². The van der Waals surface area contributed by atoms with Gasteiger partial charge in [0, 0.05) is 18.0 Å². The highest BCUT2D eigenvalue weighted by Crippen LogP contribution is 2.24. The molecule has 114 valence electrons. The van der Waals surface area contributed by atoms with Crippen molar-refractivity contribution in [3.8, 4) is 0 Å². The van der Waals surface area contributed by atoms with Gasteiger partial charge in [-0.2, -0.15) is 0 Å². The molecule has 0 amide bonds. The molecule has 5 heteroatoms. The van der Waals surface area contributed by atoms with E-state index in [1.165, 1.54) is 6.20 Å². The summed E-state index contributed by atoms with van der Waals surface area (Å²) in [5, 5.41) is 10.1. The van der Waals surface area contributed by atoms with Gasteiger partial charge in [0.05, 0.1) is 11.5 Å². The Bertz CT molecular complexity index is 631. The number of halogens is 1. The highest BCUT2D eigenvalue weighted by molar-refractivity contribution is 6.18. The third-order valence-corrected chi connectivity index (χ3v) is 3.43. The lowest BCUT2D eigenvalue weighted by atomic mass is 10.0. The Morgan fingerprint density at radius 2 is 1.91 bits per heavy atom. The lowest BCUT2D eigenvalue weighted by molar-refractivity contribution is -0.144. The molecule has 0 spiro atoms. The molecule has 4 nitrogen and oxygen atoms in total. The van der Waals surface area contributed by atoms with Crippen LogP contribution in [0.1, 0.15) is 23.3 Å². The molecule has 2 unspecified atom stereocenters. The van der Waals surface area contributed by atoms with Crippen molar-refractivity contribution >= 4 is 17.6 Å². The van der Waals surface area contributed by atoms with E-state index in [0.29, 0.717) is 5.56 Å². The van der Waals surface area contributed by atoms with Gasteiger partial charge in [0.2, 0.25) is 0 Å². The van der Waals surface area contributed by atoms with Gasteiger partial charge in [0.15, 0.2) is 0 Å². The number of carbonyl (C=O) groups excluding carboxylic acids is 1. The number of nitrogens with zero attached hydrogens (tertiary/aromatic N) is 1. The van der Waals surface area contributed by atoms with Crippen molar-refractivity contribution in [2.24, 2.45) is 0 Å². The van der Waals surface area contributed by atoms with E-state index in [1.807, 2.05) is 30.3 Å². The van der Waals surface area contributed by atoms with Gasteiger partial charge in [0.25, 0.3) is 0 Å². The summed E-state index contributed by atoms with van der Waals surface area (Å²) < 4.78 is 5.34. The summed E-state index contributed by atoms with van der Waals surface area (Å²) >= 11 is 5.87. The first kappa shape index (κ1) is 16.2. The zero-order chi connectivity index (χ0) is 15.9. The Balaban J connectivity index is 2.06. The van der Waals surface area contributed by atoms with Gasteiger partial charge in [-0.1, -0.05) is 43.0 Å². The monoisotopic (exact) mass is 317 g/mol. The van der Waals surface area contributed by atoms with E-state index in [-0.39, 0.29) is 11.5 Å². The lowest BCUT2D eigenvalue weighted by Crippen LogP contribution is -2.18. The van der Waals surface area contributed by atoms with Crippen LogP contribution in [0.5, 0.6) is 0 Å². The van der Waals surface area contributed by atoms with Crippen LogP contribution in [0.3, 0.4) is 0 Å². The summed E-state index contributed by atoms with van der Waals surface area (Å²) in [4.78, 5) is 16.0. The standard InChI is InChI=1S/C17H16ClNO3/c1-12(16(20)14-8-5-9-19-11-14)17(21)22-15(10-18)13-6-3-2-4-7-13/h2-9,11,15-16,20H,1,10H2. The summed E-state index contributed by atoms with van der Waals surface area (Å²) in [6.45, 7) is 3.62. The normalized spacial score (nSPS) is 13.2. The number of esters is 1. The van der Waals surface area contributed by atoms with Gasteiger partial charge in [-0.25, -0.2) is 4.79 Å². The molecular weight excluding hydrogens is 302 g/mol. The topological polar surface area (TPSA) is 59.4 Å². The zero-order valence-corrected chi connectivity index (χ0v) is 12.6. The van der Waals surface area contributed by atoms with Gasteiger partial charge >= 0.3 is 5.97 Å². The molecule has 0 saturated carbocycles. The summed E-state index contributed by atoms with van der Waals surface area (Å²) in [6.07, 6.45) is 1.30. The van der Waals surface area contributed by atoms with E-state index in [1.54, 1.807) is 18.3 Å². The van der Waals surface area contributed by atoms with Crippen LogP contribution in [-0.4, -0.2) is 21.9 Å². The minimum Gasteiger partial charge on any atom is -0.453 e. The molecule has 2 aromatic rings. The summed E-state index contributed by atoms with van der Waals surface area (Å²) in [7, 11) is 0. The van der Waals surface area contributed by atoms with Crippen LogP contribution in [0.2, 0.25) is 0 Å². The Morgan fingerprint density at radius 1 is 1.23 bits per heavy atom. The molecule has 2 rings (SSSR count). The first-order valence-electron chi connectivity index (χ1n) is 6.72. The number of hydrogen-bond donors (Lipinski definition) is 1. The molecule has 0 fully saturated rings. The number of carbonyl (C=O) groups is 1. The van der Waals surface area contributed by atoms with E-state index < -0.39 is 18.2 Å². The molecule has 1 aromatic heterocycles. The average molecular weight is 318 g/mol. The first-order valence-corrected chi connectivity index (χ1v) is 7.25. The molecule has 0 bridgehead atoms. The maximum Gasteiger partial charge on any atom is 0.337 e. The van der Waals surface area contributed by atoms with Gasteiger partial charge < -0.3 is 9.84 Å². The summed E-state index contributed by atoms with van der Waals surface area (Å²) in [5.41, 5.74) is 1.21. The molecular formula is C17H16ClNO3. The molecule has 0 aliphatic heterocycles. The molecule has 0 radical (unpaired) electrons. The zero-order valence-electron chi connectivity index (χ0n) is 11.9. The number of ether oxygens (including phenoxy) is 1. The third-order valence-electron chi connectivity index (χ3n) is 3.15. The fourth-order valence-electron chi connectivity index (χ4n) is 1.91. The predicted octanol–water partition coefficient (Wildman–Crippen LogP) is 3.19. The maximum atomic E-state index is 12.1. The molecule has 0 saturated heterocycles. The van der Waals surface area contributed by atoms with Crippen LogP contribution < -0.4 is 0 Å². The molecule has 0 aliphatic carbocycles. The van der Waals surface area contributed by atoms with Crippen molar-refractivity contribution in [2.75, 3.05) is 5.88 Å². The number of hydrogen-bond acceptors (Lipinski definition) is 4. The summed E-state index contributed by atoms with van der Waals surface area (Å²) in [6, 6.07) is 12.5. The van der Waals surface area contributed by atoms with Gasteiger partial charge in [-0.3, -0.25) is 4.98 Å². The van der Waals surface area contributed by atoms with Crippen molar-refractivity contribution in [1.82, 2.24) is 4.98 Å². The minimum atomic E-state index is -1.16. The first-order chi connectivity index (χ1) is 10.6. The Kier molecular flexibility index (Phi) is 5.69. The molecule has 0 aliphatic rings. The molecule has 1 N–H and O–H groups in total. The Labute approximate surface area is 134 Å². The van der Waals surface area contributed by atoms with Crippen molar-refractivity contribution < 1.29 is 14.6 Å². The van der Waals surface area contributed by atoms with E-state index in [0.717, 1.165) is 5.56 Å². The molecule has 22 heavy (non-hydrogen) atoms. The second-order valence-corrected chi connectivity index (χ2v) is 4.98. The average Bonchev–Trinajstić information content (AvgIpc) is 2.59. The van der Waals surface area contributed by atoms with Crippen molar-refractivity contribution in [3.63, 3.8) is 0 Å². The lowest BCUT2D eigenvalue weighted by Gasteiger charge is -2.18. The SMILES string of the molecule is C=C(C(=O)OC(CCl)c1ccccc1)C(O)c1cccnc1. The third kappa shape index (κ3) is 3.93. The quantitative estimate of drug-likeness (QED) is 0.505. The predicted molar refractivity (Wildman–Crippen MR) is 84.3 cm³/mol. The molecule has 1 aromatic carbocycles. The fourth-order valence-corrected chi connectivity index (χ4v) is 2.15. The number of benzene rings is 1. The van der Waals surface area contributed by atoms with Crippen molar-refractivity contribution in [2.45, 2.75) is 12.2 Å². The van der Waals surface area contributed by atoms with E-state index >= 15 is 0 Å². The fraction of sp³-hybridized carbons (Fsp3) is 0.176. The highest BCUT2D eigenvalue weighted by atomic mass is 35.5. The Hall–Kier alpha value is -2.17. The van der Waals surface area contributed by atoms with Crippen molar-refractivity contribution in [3.05, 3.63) is 78.1 Å².